The Morgan fingerprint density at radius 2 is 2.00 bits per heavy atom. The minimum absolute atomic E-state index is 0.0959. The molecule has 0 unspecified atom stereocenters. The second-order valence-electron chi connectivity index (χ2n) is 4.88. The van der Waals surface area contributed by atoms with E-state index in [1.807, 2.05) is 30.3 Å². The van der Waals surface area contributed by atoms with Crippen LogP contribution in [0.5, 0.6) is 0 Å². The van der Waals surface area contributed by atoms with Gasteiger partial charge in [-0.1, -0.05) is 18.2 Å². The second kappa shape index (κ2) is 6.91. The van der Waals surface area contributed by atoms with E-state index in [4.69, 9.17) is 5.26 Å². The van der Waals surface area contributed by atoms with E-state index in [1.165, 1.54) is 0 Å². The quantitative estimate of drug-likeness (QED) is 0.900. The van der Waals surface area contributed by atoms with Gasteiger partial charge in [-0.2, -0.15) is 5.26 Å². The predicted octanol–water partition coefficient (Wildman–Crippen LogP) is 2.25. The number of nitrogens with one attached hydrogen (secondary N) is 1. The highest BCUT2D eigenvalue weighted by molar-refractivity contribution is 5.92. The molecule has 1 heterocycles. The van der Waals surface area contributed by atoms with Crippen LogP contribution < -0.4 is 5.32 Å². The molecule has 1 aliphatic rings. The number of para-hydroxylation sites is 1. The Morgan fingerprint density at radius 1 is 1.32 bits per heavy atom. The van der Waals surface area contributed by atoms with Crippen molar-refractivity contribution in [3.05, 3.63) is 30.3 Å². The molecule has 1 aromatic rings. The van der Waals surface area contributed by atoms with Crippen LogP contribution in [0.3, 0.4) is 0 Å². The Morgan fingerprint density at radius 3 is 2.63 bits per heavy atom. The van der Waals surface area contributed by atoms with Gasteiger partial charge >= 0.3 is 0 Å². The summed E-state index contributed by atoms with van der Waals surface area (Å²) in [6.07, 6.45) is 2.33. The van der Waals surface area contributed by atoms with Crippen molar-refractivity contribution in [1.29, 1.82) is 5.26 Å². The molecule has 0 spiro atoms. The highest BCUT2D eigenvalue weighted by atomic mass is 16.1. The lowest BCUT2D eigenvalue weighted by Crippen LogP contribution is -2.38. The van der Waals surface area contributed by atoms with E-state index in [2.05, 4.69) is 16.3 Å². The van der Waals surface area contributed by atoms with E-state index in [1.54, 1.807) is 0 Å². The highest BCUT2D eigenvalue weighted by Crippen LogP contribution is 2.19. The summed E-state index contributed by atoms with van der Waals surface area (Å²) in [7, 11) is 0. The topological polar surface area (TPSA) is 56.1 Å². The maximum absolute atomic E-state index is 12.1. The SMILES string of the molecule is N#CCCN1CCC(C(=O)Nc2ccccc2)CC1. The summed E-state index contributed by atoms with van der Waals surface area (Å²) in [4.78, 5) is 14.4. The molecule has 2 rings (SSSR count). The zero-order valence-corrected chi connectivity index (χ0v) is 11.0. The van der Waals surface area contributed by atoms with Gasteiger partial charge in [0, 0.05) is 24.6 Å². The minimum Gasteiger partial charge on any atom is -0.326 e. The molecule has 1 aliphatic heterocycles. The van der Waals surface area contributed by atoms with Gasteiger partial charge in [-0.25, -0.2) is 0 Å². The van der Waals surface area contributed by atoms with Gasteiger partial charge in [0.25, 0.3) is 0 Å². The normalized spacial score (nSPS) is 16.8. The number of carbonyl (C=O) groups is 1. The molecule has 1 aromatic carbocycles. The fourth-order valence-corrected chi connectivity index (χ4v) is 2.39. The molecule has 0 atom stereocenters. The summed E-state index contributed by atoms with van der Waals surface area (Å²) in [6.45, 7) is 2.65. The molecule has 1 amide bonds. The number of nitriles is 1. The number of carbonyl (C=O) groups excluding carboxylic acids is 1. The van der Waals surface area contributed by atoms with Gasteiger partial charge in [0.1, 0.15) is 0 Å². The monoisotopic (exact) mass is 257 g/mol. The summed E-state index contributed by atoms with van der Waals surface area (Å²) in [5, 5.41) is 11.5. The molecule has 1 N–H and O–H groups in total. The number of hydrogen-bond acceptors (Lipinski definition) is 3. The van der Waals surface area contributed by atoms with Gasteiger partial charge in [-0.3, -0.25) is 4.79 Å². The van der Waals surface area contributed by atoms with Crippen LogP contribution in [0.1, 0.15) is 19.3 Å². The number of amides is 1. The van der Waals surface area contributed by atoms with Crippen LogP contribution in [-0.4, -0.2) is 30.4 Å². The molecule has 4 heteroatoms. The fraction of sp³-hybridized carbons (Fsp3) is 0.467. The Balaban J connectivity index is 1.78. The molecular formula is C15H19N3O. The van der Waals surface area contributed by atoms with Gasteiger partial charge in [-0.05, 0) is 38.1 Å². The lowest BCUT2D eigenvalue weighted by Gasteiger charge is -2.30. The van der Waals surface area contributed by atoms with E-state index in [-0.39, 0.29) is 11.8 Å². The van der Waals surface area contributed by atoms with Gasteiger partial charge in [-0.15, -0.1) is 0 Å². The van der Waals surface area contributed by atoms with Crippen LogP contribution in [0.25, 0.3) is 0 Å². The van der Waals surface area contributed by atoms with Crippen LogP contribution in [0.2, 0.25) is 0 Å². The molecule has 1 fully saturated rings. The number of anilines is 1. The Kier molecular flexibility index (Phi) is 4.93. The summed E-state index contributed by atoms with van der Waals surface area (Å²) in [6, 6.07) is 11.7. The molecule has 0 radical (unpaired) electrons. The number of benzene rings is 1. The molecule has 100 valence electrons. The average molecular weight is 257 g/mol. The van der Waals surface area contributed by atoms with Gasteiger partial charge in [0.05, 0.1) is 6.07 Å². The zero-order chi connectivity index (χ0) is 13.5. The van der Waals surface area contributed by atoms with Crippen molar-refractivity contribution in [1.82, 2.24) is 4.90 Å². The molecule has 0 bridgehead atoms. The van der Waals surface area contributed by atoms with Crippen LogP contribution in [-0.2, 0) is 4.79 Å². The second-order valence-corrected chi connectivity index (χ2v) is 4.88. The van der Waals surface area contributed by atoms with Crippen molar-refractivity contribution in [2.75, 3.05) is 25.0 Å². The van der Waals surface area contributed by atoms with Crippen molar-refractivity contribution < 1.29 is 4.79 Å². The molecular weight excluding hydrogens is 238 g/mol. The third-order valence-corrected chi connectivity index (χ3v) is 3.54. The van der Waals surface area contributed by atoms with E-state index >= 15 is 0 Å². The van der Waals surface area contributed by atoms with Crippen LogP contribution in [0, 0.1) is 17.2 Å². The first-order valence-corrected chi connectivity index (χ1v) is 6.75. The van der Waals surface area contributed by atoms with Gasteiger partial charge in [0.15, 0.2) is 0 Å². The lowest BCUT2D eigenvalue weighted by atomic mass is 9.95. The first kappa shape index (κ1) is 13.6. The Labute approximate surface area is 114 Å². The van der Waals surface area contributed by atoms with Gasteiger partial charge < -0.3 is 10.2 Å². The maximum Gasteiger partial charge on any atom is 0.227 e. The third-order valence-electron chi connectivity index (χ3n) is 3.54. The number of nitrogens with zero attached hydrogens (tertiary/aromatic N) is 2. The van der Waals surface area contributed by atoms with E-state index < -0.39 is 0 Å². The Hall–Kier alpha value is -1.86. The largest absolute Gasteiger partial charge is 0.326 e. The van der Waals surface area contributed by atoms with E-state index in [0.29, 0.717) is 6.42 Å². The number of piperidine rings is 1. The number of rotatable bonds is 4. The van der Waals surface area contributed by atoms with Crippen LogP contribution >= 0.6 is 0 Å². The zero-order valence-electron chi connectivity index (χ0n) is 11.0. The first-order chi connectivity index (χ1) is 9.29. The summed E-state index contributed by atoms with van der Waals surface area (Å²) in [5.74, 6) is 0.213. The molecule has 0 aromatic heterocycles. The lowest BCUT2D eigenvalue weighted by molar-refractivity contribution is -0.121. The van der Waals surface area contributed by atoms with E-state index in [0.717, 1.165) is 38.2 Å². The first-order valence-electron chi connectivity index (χ1n) is 6.75. The number of hydrogen-bond donors (Lipinski definition) is 1. The standard InChI is InChI=1S/C15H19N3O/c16-9-4-10-18-11-7-13(8-12-18)15(19)17-14-5-2-1-3-6-14/h1-3,5-6,13H,4,7-8,10-12H2,(H,17,19). The number of likely N-dealkylation sites (tertiary alicyclic amines) is 1. The van der Waals surface area contributed by atoms with Crippen molar-refractivity contribution in [2.45, 2.75) is 19.3 Å². The van der Waals surface area contributed by atoms with Crippen molar-refractivity contribution in [3.63, 3.8) is 0 Å². The van der Waals surface area contributed by atoms with Crippen molar-refractivity contribution >= 4 is 11.6 Å². The fourth-order valence-electron chi connectivity index (χ4n) is 2.39. The molecule has 1 saturated heterocycles. The smallest absolute Gasteiger partial charge is 0.227 e. The summed E-state index contributed by atoms with van der Waals surface area (Å²) < 4.78 is 0. The summed E-state index contributed by atoms with van der Waals surface area (Å²) in [5.41, 5.74) is 0.861. The molecule has 0 saturated carbocycles. The predicted molar refractivity (Wildman–Crippen MR) is 74.5 cm³/mol. The highest BCUT2D eigenvalue weighted by Gasteiger charge is 2.24. The van der Waals surface area contributed by atoms with Crippen molar-refractivity contribution in [2.24, 2.45) is 5.92 Å². The maximum atomic E-state index is 12.1. The Bertz CT molecular complexity index is 444. The van der Waals surface area contributed by atoms with Gasteiger partial charge in [0.2, 0.25) is 5.91 Å². The van der Waals surface area contributed by atoms with Crippen LogP contribution in [0.4, 0.5) is 5.69 Å². The average Bonchev–Trinajstić information content (AvgIpc) is 2.46. The summed E-state index contributed by atoms with van der Waals surface area (Å²) >= 11 is 0. The molecule has 0 aliphatic carbocycles. The van der Waals surface area contributed by atoms with Crippen LogP contribution in [0.15, 0.2) is 30.3 Å². The van der Waals surface area contributed by atoms with E-state index in [9.17, 15) is 4.79 Å². The molecule has 4 nitrogen and oxygen atoms in total. The third kappa shape index (κ3) is 4.08. The molecule has 19 heavy (non-hydrogen) atoms. The van der Waals surface area contributed by atoms with Crippen molar-refractivity contribution in [3.8, 4) is 6.07 Å². The minimum atomic E-state index is 0.0959.